The molecule has 1 aromatic carbocycles. The summed E-state index contributed by atoms with van der Waals surface area (Å²) in [5.41, 5.74) is 0.233. The van der Waals surface area contributed by atoms with E-state index >= 15 is 0 Å². The molecule has 3 aromatic rings. The number of para-hydroxylation sites is 1. The highest BCUT2D eigenvalue weighted by Crippen LogP contribution is 2.29. The van der Waals surface area contributed by atoms with Gasteiger partial charge in [-0.2, -0.15) is 18.4 Å². The molecular formula is C16H10F3N5O. The van der Waals surface area contributed by atoms with Crippen molar-refractivity contribution in [2.24, 2.45) is 0 Å². The first-order valence-electron chi connectivity index (χ1n) is 7.14. The van der Waals surface area contributed by atoms with Crippen LogP contribution >= 0.6 is 0 Å². The van der Waals surface area contributed by atoms with Gasteiger partial charge in [0.05, 0.1) is 22.8 Å². The predicted molar refractivity (Wildman–Crippen MR) is 80.1 cm³/mol. The van der Waals surface area contributed by atoms with E-state index in [1.54, 1.807) is 30.3 Å². The smallest absolute Gasteiger partial charge is 0.296 e. The van der Waals surface area contributed by atoms with Crippen molar-refractivity contribution in [1.29, 1.82) is 5.26 Å². The summed E-state index contributed by atoms with van der Waals surface area (Å²) in [5.74, 6) is -1.82. The average molecular weight is 345 g/mol. The standard InChI is InChI=1S/C16H10F3N5O/c17-16(18,19)10-5-6-12(21-8-10)11(7-20)15(25)9-24-14-4-2-1-3-13(14)22-23-24/h1-6,8,11H,9H2. The first-order valence-corrected chi connectivity index (χ1v) is 7.14. The van der Waals surface area contributed by atoms with Gasteiger partial charge in [-0.1, -0.05) is 17.3 Å². The van der Waals surface area contributed by atoms with Gasteiger partial charge in [-0.3, -0.25) is 9.78 Å². The Balaban J connectivity index is 1.83. The van der Waals surface area contributed by atoms with Gasteiger partial charge in [0.1, 0.15) is 18.0 Å². The molecule has 6 nitrogen and oxygen atoms in total. The summed E-state index contributed by atoms with van der Waals surface area (Å²) in [7, 11) is 0. The van der Waals surface area contributed by atoms with Crippen molar-refractivity contribution in [3.05, 3.63) is 53.9 Å². The van der Waals surface area contributed by atoms with Crippen molar-refractivity contribution >= 4 is 16.8 Å². The zero-order chi connectivity index (χ0) is 18.0. The number of carbonyl (C=O) groups is 1. The predicted octanol–water partition coefficient (Wildman–Crippen LogP) is 2.72. The molecule has 0 amide bonds. The van der Waals surface area contributed by atoms with Gasteiger partial charge in [0.25, 0.3) is 0 Å². The molecule has 0 saturated heterocycles. The second-order valence-electron chi connectivity index (χ2n) is 5.23. The van der Waals surface area contributed by atoms with Crippen LogP contribution in [0.5, 0.6) is 0 Å². The first-order chi connectivity index (χ1) is 11.9. The maximum atomic E-state index is 12.6. The number of benzene rings is 1. The number of nitrogens with zero attached hydrogens (tertiary/aromatic N) is 5. The first kappa shape index (κ1) is 16.6. The zero-order valence-corrected chi connectivity index (χ0v) is 12.6. The number of aromatic nitrogens is 4. The largest absolute Gasteiger partial charge is 0.417 e. The van der Waals surface area contributed by atoms with Crippen molar-refractivity contribution < 1.29 is 18.0 Å². The molecule has 0 aliphatic rings. The van der Waals surface area contributed by atoms with E-state index in [0.717, 1.165) is 12.1 Å². The number of pyridine rings is 1. The van der Waals surface area contributed by atoms with Gasteiger partial charge in [-0.15, -0.1) is 5.10 Å². The lowest BCUT2D eigenvalue weighted by Gasteiger charge is -2.10. The van der Waals surface area contributed by atoms with Gasteiger partial charge < -0.3 is 0 Å². The molecule has 0 bridgehead atoms. The van der Waals surface area contributed by atoms with E-state index < -0.39 is 23.4 Å². The molecule has 0 fully saturated rings. The molecule has 1 atom stereocenters. The summed E-state index contributed by atoms with van der Waals surface area (Å²) < 4.78 is 39.1. The van der Waals surface area contributed by atoms with Gasteiger partial charge in [0.2, 0.25) is 0 Å². The lowest BCUT2D eigenvalue weighted by atomic mass is 10.0. The van der Waals surface area contributed by atoms with Crippen molar-refractivity contribution in [3.8, 4) is 6.07 Å². The van der Waals surface area contributed by atoms with Crippen LogP contribution in [0, 0.1) is 11.3 Å². The van der Waals surface area contributed by atoms with Crippen molar-refractivity contribution in [2.45, 2.75) is 18.6 Å². The fraction of sp³-hybridized carbons (Fsp3) is 0.188. The average Bonchev–Trinajstić information content (AvgIpc) is 2.98. The van der Waals surface area contributed by atoms with Crippen LogP contribution in [-0.2, 0) is 17.5 Å². The SMILES string of the molecule is N#CC(C(=O)Cn1nnc2ccccc21)c1ccc(C(F)(F)F)cn1. The molecule has 2 aromatic heterocycles. The Bertz CT molecular complexity index is 956. The summed E-state index contributed by atoms with van der Waals surface area (Å²) in [6.07, 6.45) is -3.92. The van der Waals surface area contributed by atoms with E-state index in [9.17, 15) is 23.2 Å². The zero-order valence-electron chi connectivity index (χ0n) is 12.6. The van der Waals surface area contributed by atoms with Crippen LogP contribution in [0.3, 0.4) is 0 Å². The van der Waals surface area contributed by atoms with E-state index in [1.807, 2.05) is 0 Å². The third kappa shape index (κ3) is 3.33. The minimum Gasteiger partial charge on any atom is -0.296 e. The Labute approximate surface area is 139 Å². The summed E-state index contributed by atoms with van der Waals surface area (Å²) >= 11 is 0. The highest BCUT2D eigenvalue weighted by Gasteiger charge is 2.31. The van der Waals surface area contributed by atoms with Gasteiger partial charge in [0.15, 0.2) is 5.78 Å². The molecule has 0 aliphatic heterocycles. The number of alkyl halides is 3. The lowest BCUT2D eigenvalue weighted by molar-refractivity contribution is -0.137. The van der Waals surface area contributed by atoms with E-state index in [2.05, 4.69) is 15.3 Å². The molecule has 0 spiro atoms. The van der Waals surface area contributed by atoms with E-state index in [-0.39, 0.29) is 12.2 Å². The van der Waals surface area contributed by atoms with Crippen molar-refractivity contribution in [1.82, 2.24) is 20.0 Å². The van der Waals surface area contributed by atoms with Crippen molar-refractivity contribution in [2.75, 3.05) is 0 Å². The molecule has 0 saturated carbocycles. The number of hydrogen-bond donors (Lipinski definition) is 0. The molecule has 1 unspecified atom stereocenters. The molecule has 0 aliphatic carbocycles. The molecule has 0 radical (unpaired) electrons. The van der Waals surface area contributed by atoms with Gasteiger partial charge in [-0.25, -0.2) is 4.68 Å². The minimum absolute atomic E-state index is 0.0371. The fourth-order valence-electron chi connectivity index (χ4n) is 2.32. The number of rotatable bonds is 4. The lowest BCUT2D eigenvalue weighted by Crippen LogP contribution is -2.19. The summed E-state index contributed by atoms with van der Waals surface area (Å²) in [4.78, 5) is 16.0. The summed E-state index contributed by atoms with van der Waals surface area (Å²) in [6.45, 7) is -0.235. The highest BCUT2D eigenvalue weighted by atomic mass is 19.4. The monoisotopic (exact) mass is 345 g/mol. The van der Waals surface area contributed by atoms with Crippen LogP contribution in [0.1, 0.15) is 17.2 Å². The number of halogens is 3. The Morgan fingerprint density at radius 1 is 1.24 bits per heavy atom. The number of hydrogen-bond acceptors (Lipinski definition) is 5. The number of carbonyl (C=O) groups excluding carboxylic acids is 1. The molecule has 25 heavy (non-hydrogen) atoms. The highest BCUT2D eigenvalue weighted by molar-refractivity contribution is 5.88. The Kier molecular flexibility index (Phi) is 4.19. The van der Waals surface area contributed by atoms with Crippen LogP contribution in [0.2, 0.25) is 0 Å². The topological polar surface area (TPSA) is 84.5 Å². The van der Waals surface area contributed by atoms with Gasteiger partial charge in [0, 0.05) is 6.20 Å². The molecule has 3 rings (SSSR count). The quantitative estimate of drug-likeness (QED) is 0.726. The molecule has 2 heterocycles. The van der Waals surface area contributed by atoms with E-state index in [0.29, 0.717) is 17.2 Å². The number of nitriles is 1. The van der Waals surface area contributed by atoms with Crippen molar-refractivity contribution in [3.63, 3.8) is 0 Å². The third-order valence-corrected chi connectivity index (χ3v) is 3.59. The van der Waals surface area contributed by atoms with Crippen LogP contribution in [0.4, 0.5) is 13.2 Å². The van der Waals surface area contributed by atoms with Crippen LogP contribution in [-0.4, -0.2) is 25.8 Å². The molecule has 9 heteroatoms. The minimum atomic E-state index is -4.53. The molecular weight excluding hydrogens is 335 g/mol. The number of Topliss-reactive ketones (excluding diaryl/α,β-unsaturated/α-hetero) is 1. The normalized spacial score (nSPS) is 12.7. The Morgan fingerprint density at radius 2 is 2.00 bits per heavy atom. The van der Waals surface area contributed by atoms with Crippen LogP contribution < -0.4 is 0 Å². The maximum Gasteiger partial charge on any atom is 0.417 e. The van der Waals surface area contributed by atoms with E-state index in [4.69, 9.17) is 0 Å². The number of fused-ring (bicyclic) bond motifs is 1. The molecule has 0 N–H and O–H groups in total. The van der Waals surface area contributed by atoms with Gasteiger partial charge in [-0.05, 0) is 24.3 Å². The van der Waals surface area contributed by atoms with E-state index in [1.165, 1.54) is 4.68 Å². The van der Waals surface area contributed by atoms with Crippen LogP contribution in [0.15, 0.2) is 42.6 Å². The Hall–Kier alpha value is -3.28. The number of ketones is 1. The molecule has 126 valence electrons. The third-order valence-electron chi connectivity index (χ3n) is 3.59. The fourth-order valence-corrected chi connectivity index (χ4v) is 2.32. The maximum absolute atomic E-state index is 12.6. The second kappa shape index (κ2) is 6.32. The van der Waals surface area contributed by atoms with Gasteiger partial charge >= 0.3 is 6.18 Å². The summed E-state index contributed by atoms with van der Waals surface area (Å²) in [6, 6.07) is 10.6. The summed E-state index contributed by atoms with van der Waals surface area (Å²) in [5, 5.41) is 17.0. The van der Waals surface area contributed by atoms with Crippen LogP contribution in [0.25, 0.3) is 11.0 Å². The Morgan fingerprint density at radius 3 is 2.64 bits per heavy atom. The second-order valence-corrected chi connectivity index (χ2v) is 5.23.